The van der Waals surface area contributed by atoms with Crippen molar-refractivity contribution in [2.45, 2.75) is 58.2 Å². The molecule has 5 nitrogen and oxygen atoms in total. The Balaban J connectivity index is 1.61. The molecule has 0 aliphatic carbocycles. The van der Waals surface area contributed by atoms with Crippen LogP contribution in [0.1, 0.15) is 46.5 Å². The monoisotopic (exact) mass is 364 g/mol. The van der Waals surface area contributed by atoms with E-state index in [0.29, 0.717) is 31.7 Å². The van der Waals surface area contributed by atoms with Crippen LogP contribution in [0, 0.1) is 5.82 Å². The molecule has 0 bridgehead atoms. The van der Waals surface area contributed by atoms with E-state index in [0.717, 1.165) is 31.6 Å². The molecule has 0 spiro atoms. The van der Waals surface area contributed by atoms with Crippen molar-refractivity contribution in [1.29, 1.82) is 0 Å². The average Bonchev–Trinajstić information content (AvgIpc) is 3.10. The van der Waals surface area contributed by atoms with Crippen LogP contribution < -0.4 is 9.64 Å². The third-order valence-electron chi connectivity index (χ3n) is 4.77. The molecule has 2 aliphatic rings. The summed E-state index contributed by atoms with van der Waals surface area (Å²) in [6.45, 7) is 8.59. The fourth-order valence-electron chi connectivity index (χ4n) is 3.47. The highest BCUT2D eigenvalue weighted by molar-refractivity contribution is 5.68. The number of likely N-dealkylation sites (tertiary alicyclic amines) is 1. The first-order valence-electron chi connectivity index (χ1n) is 9.51. The molecule has 1 aromatic rings. The van der Waals surface area contributed by atoms with Crippen LogP contribution in [0.2, 0.25) is 0 Å². The fraction of sp³-hybridized carbons (Fsp3) is 0.650. The molecule has 0 N–H and O–H groups in total. The third-order valence-corrected chi connectivity index (χ3v) is 4.77. The van der Waals surface area contributed by atoms with E-state index in [1.54, 1.807) is 11.0 Å². The van der Waals surface area contributed by atoms with Gasteiger partial charge >= 0.3 is 6.09 Å². The summed E-state index contributed by atoms with van der Waals surface area (Å²) in [6.07, 6.45) is 3.22. The van der Waals surface area contributed by atoms with Gasteiger partial charge in [-0.15, -0.1) is 0 Å². The molecule has 144 valence electrons. The first-order chi connectivity index (χ1) is 12.3. The Kier molecular flexibility index (Phi) is 5.58. The SMILES string of the molecule is CC(C)(C)OC(=O)N1CCC(Oc2c(F)cccc2N2CCCC2)CC1. The van der Waals surface area contributed by atoms with Gasteiger partial charge in [-0.25, -0.2) is 9.18 Å². The Morgan fingerprint density at radius 3 is 2.38 bits per heavy atom. The van der Waals surface area contributed by atoms with E-state index in [-0.39, 0.29) is 18.0 Å². The second-order valence-corrected chi connectivity index (χ2v) is 8.07. The maximum Gasteiger partial charge on any atom is 0.410 e. The zero-order chi connectivity index (χ0) is 18.7. The predicted molar refractivity (Wildman–Crippen MR) is 99.3 cm³/mol. The minimum absolute atomic E-state index is 0.0908. The minimum Gasteiger partial charge on any atom is -0.485 e. The number of halogens is 1. The first-order valence-corrected chi connectivity index (χ1v) is 9.51. The summed E-state index contributed by atoms with van der Waals surface area (Å²) < 4.78 is 25.9. The highest BCUT2D eigenvalue weighted by atomic mass is 19.1. The molecule has 0 saturated carbocycles. The molecule has 1 aromatic carbocycles. The summed E-state index contributed by atoms with van der Waals surface area (Å²) in [5, 5.41) is 0. The zero-order valence-corrected chi connectivity index (χ0v) is 16.0. The summed E-state index contributed by atoms with van der Waals surface area (Å²) in [5.41, 5.74) is 0.347. The number of hydrogen-bond acceptors (Lipinski definition) is 4. The third kappa shape index (κ3) is 4.59. The Hall–Kier alpha value is -1.98. The average molecular weight is 364 g/mol. The van der Waals surface area contributed by atoms with E-state index in [9.17, 15) is 9.18 Å². The topological polar surface area (TPSA) is 42.0 Å². The number of carbonyl (C=O) groups is 1. The van der Waals surface area contributed by atoms with Crippen LogP contribution in [0.3, 0.4) is 0 Å². The molecule has 26 heavy (non-hydrogen) atoms. The number of nitrogens with zero attached hydrogens (tertiary/aromatic N) is 2. The summed E-state index contributed by atoms with van der Waals surface area (Å²) in [6, 6.07) is 5.12. The first kappa shape index (κ1) is 18.8. The van der Waals surface area contributed by atoms with Gasteiger partial charge in [0.05, 0.1) is 5.69 Å². The van der Waals surface area contributed by atoms with Crippen LogP contribution >= 0.6 is 0 Å². The number of para-hydroxylation sites is 1. The van der Waals surface area contributed by atoms with Gasteiger partial charge in [0.1, 0.15) is 11.7 Å². The Bertz CT molecular complexity index is 630. The lowest BCUT2D eigenvalue weighted by atomic mass is 10.1. The van der Waals surface area contributed by atoms with Crippen LogP contribution in [0.5, 0.6) is 5.75 Å². The number of rotatable bonds is 3. The molecule has 0 unspecified atom stereocenters. The number of benzene rings is 1. The van der Waals surface area contributed by atoms with Crippen LogP contribution in [0.4, 0.5) is 14.9 Å². The highest BCUT2D eigenvalue weighted by Gasteiger charge is 2.29. The molecule has 1 amide bonds. The molecule has 6 heteroatoms. The zero-order valence-electron chi connectivity index (χ0n) is 16.0. The summed E-state index contributed by atoms with van der Waals surface area (Å²) in [7, 11) is 0. The van der Waals surface area contributed by atoms with Crippen molar-refractivity contribution in [2.75, 3.05) is 31.1 Å². The highest BCUT2D eigenvalue weighted by Crippen LogP contribution is 2.35. The molecule has 3 rings (SSSR count). The Morgan fingerprint density at radius 2 is 1.77 bits per heavy atom. The van der Waals surface area contributed by atoms with Crippen molar-refractivity contribution in [3.8, 4) is 5.75 Å². The van der Waals surface area contributed by atoms with Crippen LogP contribution in [0.15, 0.2) is 18.2 Å². The second kappa shape index (κ2) is 7.72. The van der Waals surface area contributed by atoms with E-state index < -0.39 is 5.60 Å². The molecule has 2 saturated heterocycles. The Morgan fingerprint density at radius 1 is 1.12 bits per heavy atom. The fourth-order valence-corrected chi connectivity index (χ4v) is 3.47. The normalized spacial score (nSPS) is 18.9. The van der Waals surface area contributed by atoms with Gasteiger partial charge in [-0.2, -0.15) is 0 Å². The van der Waals surface area contributed by atoms with Gasteiger partial charge in [0.2, 0.25) is 0 Å². The van der Waals surface area contributed by atoms with Gasteiger partial charge in [0.25, 0.3) is 0 Å². The van der Waals surface area contributed by atoms with E-state index in [1.807, 2.05) is 26.8 Å². The van der Waals surface area contributed by atoms with E-state index in [4.69, 9.17) is 9.47 Å². The lowest BCUT2D eigenvalue weighted by Gasteiger charge is -2.34. The second-order valence-electron chi connectivity index (χ2n) is 8.07. The van der Waals surface area contributed by atoms with Gasteiger partial charge < -0.3 is 19.3 Å². The van der Waals surface area contributed by atoms with E-state index >= 15 is 0 Å². The maximum atomic E-state index is 14.4. The molecule has 0 aromatic heterocycles. The Labute approximate surface area is 155 Å². The van der Waals surface area contributed by atoms with Gasteiger partial charge in [0.15, 0.2) is 11.6 Å². The summed E-state index contributed by atoms with van der Waals surface area (Å²) >= 11 is 0. The van der Waals surface area contributed by atoms with Gasteiger partial charge in [-0.1, -0.05) is 6.07 Å². The predicted octanol–water partition coefficient (Wildman–Crippen LogP) is 4.20. The number of carbonyl (C=O) groups excluding carboxylic acids is 1. The number of hydrogen-bond donors (Lipinski definition) is 0. The van der Waals surface area contributed by atoms with Crippen molar-refractivity contribution in [1.82, 2.24) is 4.90 Å². The molecule has 2 heterocycles. The van der Waals surface area contributed by atoms with Crippen LogP contribution in [-0.2, 0) is 4.74 Å². The summed E-state index contributed by atoms with van der Waals surface area (Å²) in [5.74, 6) is 0.0362. The number of ether oxygens (including phenoxy) is 2. The summed E-state index contributed by atoms with van der Waals surface area (Å²) in [4.78, 5) is 16.0. The van der Waals surface area contributed by atoms with Crippen molar-refractivity contribution in [3.63, 3.8) is 0 Å². The van der Waals surface area contributed by atoms with E-state index in [2.05, 4.69) is 4.90 Å². The van der Waals surface area contributed by atoms with Gasteiger partial charge in [-0.3, -0.25) is 0 Å². The van der Waals surface area contributed by atoms with E-state index in [1.165, 1.54) is 6.07 Å². The van der Waals surface area contributed by atoms with Crippen LogP contribution in [-0.4, -0.2) is 48.9 Å². The quantitative estimate of drug-likeness (QED) is 0.806. The van der Waals surface area contributed by atoms with Crippen molar-refractivity contribution in [2.24, 2.45) is 0 Å². The van der Waals surface area contributed by atoms with Crippen LogP contribution in [0.25, 0.3) is 0 Å². The number of anilines is 1. The molecule has 2 fully saturated rings. The number of amides is 1. The lowest BCUT2D eigenvalue weighted by Crippen LogP contribution is -2.44. The standard InChI is InChI=1S/C20H29FN2O3/c1-20(2,3)26-19(24)23-13-9-15(10-14-23)25-18-16(21)7-6-8-17(18)22-11-4-5-12-22/h6-8,15H,4-5,9-14H2,1-3H3. The van der Waals surface area contributed by atoms with Gasteiger partial charge in [-0.05, 0) is 45.7 Å². The smallest absolute Gasteiger partial charge is 0.410 e. The van der Waals surface area contributed by atoms with Crippen molar-refractivity contribution < 1.29 is 18.7 Å². The van der Waals surface area contributed by atoms with Gasteiger partial charge in [0, 0.05) is 39.0 Å². The maximum absolute atomic E-state index is 14.4. The largest absolute Gasteiger partial charge is 0.485 e. The van der Waals surface area contributed by atoms with Crippen molar-refractivity contribution >= 4 is 11.8 Å². The minimum atomic E-state index is -0.498. The molecular formula is C20H29FN2O3. The molecular weight excluding hydrogens is 335 g/mol. The van der Waals surface area contributed by atoms with Crippen molar-refractivity contribution in [3.05, 3.63) is 24.0 Å². The molecule has 0 atom stereocenters. The molecule has 0 radical (unpaired) electrons. The number of piperidine rings is 1. The molecule has 2 aliphatic heterocycles. The lowest BCUT2D eigenvalue weighted by molar-refractivity contribution is 0.0123.